The van der Waals surface area contributed by atoms with E-state index in [0.717, 1.165) is 27.9 Å². The van der Waals surface area contributed by atoms with Gasteiger partial charge >= 0.3 is 5.97 Å². The van der Waals surface area contributed by atoms with E-state index in [0.29, 0.717) is 11.4 Å². The van der Waals surface area contributed by atoms with Gasteiger partial charge in [0, 0.05) is 11.1 Å². The molecule has 1 heterocycles. The minimum Gasteiger partial charge on any atom is -0.451 e. The fourth-order valence-corrected chi connectivity index (χ4v) is 3.23. The molecule has 4 rings (SSSR count). The number of esters is 1. The number of carbonyl (C=O) groups is 2. The molecule has 4 aromatic rings. The summed E-state index contributed by atoms with van der Waals surface area (Å²) in [7, 11) is 0. The Bertz CT molecular complexity index is 1280. The highest BCUT2D eigenvalue weighted by Crippen LogP contribution is 2.23. The second kappa shape index (κ2) is 8.98. The Morgan fingerprint density at radius 3 is 2.28 bits per heavy atom. The molecule has 6 nitrogen and oxygen atoms in total. The van der Waals surface area contributed by atoms with Crippen LogP contribution in [0.1, 0.15) is 37.7 Å². The van der Waals surface area contributed by atoms with Crippen LogP contribution in [-0.2, 0) is 4.74 Å². The van der Waals surface area contributed by atoms with Crippen LogP contribution in [-0.4, -0.2) is 33.1 Å². The molecule has 0 radical (unpaired) electrons. The maximum Gasteiger partial charge on any atom is 0.378 e. The zero-order chi connectivity index (χ0) is 22.7. The normalized spacial score (nSPS) is 10.7. The van der Waals surface area contributed by atoms with Crippen molar-refractivity contribution in [1.82, 2.24) is 14.8 Å². The first-order valence-electron chi connectivity index (χ1n) is 10.3. The van der Waals surface area contributed by atoms with Crippen molar-refractivity contribution in [2.45, 2.75) is 20.8 Å². The quantitative estimate of drug-likeness (QED) is 0.324. The maximum atomic E-state index is 12.7. The molecule has 1 aromatic heterocycles. The van der Waals surface area contributed by atoms with E-state index in [1.54, 1.807) is 28.9 Å². The van der Waals surface area contributed by atoms with Crippen molar-refractivity contribution in [2.24, 2.45) is 0 Å². The van der Waals surface area contributed by atoms with E-state index in [9.17, 15) is 9.59 Å². The van der Waals surface area contributed by atoms with Gasteiger partial charge in [-0.2, -0.15) is 0 Å². The van der Waals surface area contributed by atoms with Crippen molar-refractivity contribution in [3.05, 3.63) is 101 Å². The molecule has 6 heteroatoms. The van der Waals surface area contributed by atoms with Crippen LogP contribution in [0.5, 0.6) is 0 Å². The number of ketones is 1. The summed E-state index contributed by atoms with van der Waals surface area (Å²) in [6, 6.07) is 22.5. The van der Waals surface area contributed by atoms with E-state index < -0.39 is 5.97 Å². The summed E-state index contributed by atoms with van der Waals surface area (Å²) < 4.78 is 6.85. The van der Waals surface area contributed by atoms with Crippen molar-refractivity contribution in [3.8, 4) is 17.1 Å². The van der Waals surface area contributed by atoms with Gasteiger partial charge in [-0.1, -0.05) is 66.2 Å². The molecule has 0 fully saturated rings. The molecule has 0 N–H and O–H groups in total. The summed E-state index contributed by atoms with van der Waals surface area (Å²) in [6.07, 6.45) is 0. The predicted molar refractivity (Wildman–Crippen MR) is 122 cm³/mol. The largest absolute Gasteiger partial charge is 0.451 e. The fraction of sp³-hybridized carbons (Fsp3) is 0.154. The molecular formula is C26H23N3O3. The van der Waals surface area contributed by atoms with Gasteiger partial charge in [-0.15, -0.1) is 5.10 Å². The number of aromatic nitrogens is 3. The summed E-state index contributed by atoms with van der Waals surface area (Å²) in [4.78, 5) is 29.4. The second-order valence-corrected chi connectivity index (χ2v) is 7.67. The lowest BCUT2D eigenvalue weighted by atomic mass is 10.1. The van der Waals surface area contributed by atoms with Crippen LogP contribution in [0, 0.1) is 20.8 Å². The van der Waals surface area contributed by atoms with Gasteiger partial charge in [0.05, 0.1) is 5.69 Å². The molecule has 0 aliphatic carbocycles. The summed E-state index contributed by atoms with van der Waals surface area (Å²) in [5, 5.41) is 4.42. The Kier molecular flexibility index (Phi) is 5.94. The van der Waals surface area contributed by atoms with Gasteiger partial charge in [-0.05, 0) is 44.0 Å². The van der Waals surface area contributed by atoms with Crippen LogP contribution in [0.4, 0.5) is 0 Å². The van der Waals surface area contributed by atoms with Crippen LogP contribution in [0.2, 0.25) is 0 Å². The molecule has 0 saturated heterocycles. The highest BCUT2D eigenvalue weighted by Gasteiger charge is 2.21. The number of aryl methyl sites for hydroxylation is 3. The van der Waals surface area contributed by atoms with Gasteiger partial charge in [0.25, 0.3) is 5.82 Å². The second-order valence-electron chi connectivity index (χ2n) is 7.67. The fourth-order valence-electron chi connectivity index (χ4n) is 3.23. The number of ether oxygens (including phenoxy) is 1. The number of carbonyl (C=O) groups excluding carboxylic acids is 2. The molecule has 160 valence electrons. The highest BCUT2D eigenvalue weighted by atomic mass is 16.5. The van der Waals surface area contributed by atoms with E-state index in [4.69, 9.17) is 4.74 Å². The number of rotatable bonds is 6. The SMILES string of the molecule is Cc1ccc(-c2nc(C(=O)OCC(=O)c3ccccc3)nn2-c2ccc(C)c(C)c2)cc1. The van der Waals surface area contributed by atoms with Gasteiger partial charge in [0.2, 0.25) is 0 Å². The van der Waals surface area contributed by atoms with Crippen LogP contribution in [0.25, 0.3) is 17.1 Å². The third-order valence-corrected chi connectivity index (χ3v) is 5.26. The summed E-state index contributed by atoms with van der Waals surface area (Å²) in [6.45, 7) is 5.69. The van der Waals surface area contributed by atoms with Crippen molar-refractivity contribution < 1.29 is 14.3 Å². The summed E-state index contributed by atoms with van der Waals surface area (Å²) >= 11 is 0. The molecule has 0 unspecified atom stereocenters. The van der Waals surface area contributed by atoms with Gasteiger partial charge < -0.3 is 4.74 Å². The van der Waals surface area contributed by atoms with Crippen molar-refractivity contribution in [1.29, 1.82) is 0 Å². The molecule has 0 bridgehead atoms. The third kappa shape index (κ3) is 4.49. The first-order chi connectivity index (χ1) is 15.4. The van der Waals surface area contributed by atoms with E-state index in [2.05, 4.69) is 10.1 Å². The highest BCUT2D eigenvalue weighted by molar-refractivity contribution is 5.98. The Labute approximate surface area is 186 Å². The standard InChI is InChI=1S/C26H23N3O3/c1-17-9-12-21(13-10-17)25-27-24(28-29(25)22-14-11-18(2)19(3)15-22)26(31)32-16-23(30)20-7-5-4-6-8-20/h4-15H,16H2,1-3H3. The van der Waals surface area contributed by atoms with Crippen molar-refractivity contribution >= 4 is 11.8 Å². The topological polar surface area (TPSA) is 74.1 Å². The maximum absolute atomic E-state index is 12.7. The van der Waals surface area contributed by atoms with Gasteiger partial charge in [-0.25, -0.2) is 14.5 Å². The van der Waals surface area contributed by atoms with E-state index in [-0.39, 0.29) is 18.2 Å². The molecule has 0 aliphatic heterocycles. The summed E-state index contributed by atoms with van der Waals surface area (Å²) in [5.41, 5.74) is 5.46. The lowest BCUT2D eigenvalue weighted by Crippen LogP contribution is -2.15. The first-order valence-corrected chi connectivity index (χ1v) is 10.3. The number of benzene rings is 3. The zero-order valence-electron chi connectivity index (χ0n) is 18.2. The smallest absolute Gasteiger partial charge is 0.378 e. The first kappa shape index (κ1) is 21.2. The van der Waals surface area contributed by atoms with Gasteiger partial charge in [0.15, 0.2) is 18.2 Å². The monoisotopic (exact) mass is 425 g/mol. The Balaban J connectivity index is 1.65. The minimum atomic E-state index is -0.745. The van der Waals surface area contributed by atoms with Crippen LogP contribution in [0.3, 0.4) is 0 Å². The predicted octanol–water partition coefficient (Wildman–Crippen LogP) is 4.90. The zero-order valence-corrected chi connectivity index (χ0v) is 18.2. The van der Waals surface area contributed by atoms with Crippen molar-refractivity contribution in [3.63, 3.8) is 0 Å². The molecule has 3 aromatic carbocycles. The minimum absolute atomic E-state index is 0.0975. The Hall–Kier alpha value is -4.06. The van der Waals surface area contributed by atoms with Gasteiger partial charge in [-0.3, -0.25) is 4.79 Å². The van der Waals surface area contributed by atoms with Crippen LogP contribution in [0.15, 0.2) is 72.8 Å². The van der Waals surface area contributed by atoms with E-state index >= 15 is 0 Å². The number of Topliss-reactive ketones (excluding diaryl/α,β-unsaturated/α-hetero) is 1. The molecule has 32 heavy (non-hydrogen) atoms. The molecule has 0 amide bonds. The molecule has 0 atom stereocenters. The number of hydrogen-bond donors (Lipinski definition) is 0. The number of hydrogen-bond acceptors (Lipinski definition) is 5. The average Bonchev–Trinajstić information content (AvgIpc) is 3.25. The van der Waals surface area contributed by atoms with E-state index in [1.165, 1.54) is 0 Å². The third-order valence-electron chi connectivity index (χ3n) is 5.26. The van der Waals surface area contributed by atoms with Crippen molar-refractivity contribution in [2.75, 3.05) is 6.61 Å². The lowest BCUT2D eigenvalue weighted by molar-refractivity contribution is 0.0462. The summed E-state index contributed by atoms with van der Waals surface area (Å²) in [5.74, 6) is -0.606. The lowest BCUT2D eigenvalue weighted by Gasteiger charge is -2.08. The van der Waals surface area contributed by atoms with Gasteiger partial charge in [0.1, 0.15) is 0 Å². The molecule has 0 spiro atoms. The Morgan fingerprint density at radius 1 is 0.875 bits per heavy atom. The van der Waals surface area contributed by atoms with Crippen LogP contribution < -0.4 is 0 Å². The molecular weight excluding hydrogens is 402 g/mol. The Morgan fingerprint density at radius 2 is 1.59 bits per heavy atom. The number of nitrogens with zero attached hydrogens (tertiary/aromatic N) is 3. The van der Waals surface area contributed by atoms with E-state index in [1.807, 2.05) is 69.3 Å². The molecule has 0 aliphatic rings. The molecule has 0 saturated carbocycles. The average molecular weight is 425 g/mol. The van der Waals surface area contributed by atoms with Crippen LogP contribution >= 0.6 is 0 Å².